The molecule has 1 aromatic carbocycles. The van der Waals surface area contributed by atoms with Crippen LogP contribution in [0, 0.1) is 12.8 Å². The number of likely N-dealkylation sites (tertiary alicyclic amines) is 1. The number of carbonyl (C=O) groups excluding carboxylic acids is 1. The van der Waals surface area contributed by atoms with E-state index in [1.165, 1.54) is 6.07 Å². The zero-order valence-corrected chi connectivity index (χ0v) is 17.8. The van der Waals surface area contributed by atoms with Crippen LogP contribution in [0.1, 0.15) is 38.2 Å². The predicted molar refractivity (Wildman–Crippen MR) is 112 cm³/mol. The summed E-state index contributed by atoms with van der Waals surface area (Å²) in [5.41, 5.74) is 1.32. The maximum Gasteiger partial charge on any atom is 0.243 e. The van der Waals surface area contributed by atoms with Crippen LogP contribution >= 0.6 is 0 Å². The molecule has 0 aliphatic carbocycles. The average Bonchev–Trinajstić information content (AvgIpc) is 2.70. The molecule has 1 saturated heterocycles. The second kappa shape index (κ2) is 9.19. The van der Waals surface area contributed by atoms with Crippen molar-refractivity contribution in [2.45, 2.75) is 50.5 Å². The molecular formula is C21H29N3O4S. The number of pyridine rings is 1. The van der Waals surface area contributed by atoms with Crippen molar-refractivity contribution in [1.82, 2.24) is 14.6 Å². The van der Waals surface area contributed by atoms with Crippen LogP contribution < -0.4 is 4.72 Å². The van der Waals surface area contributed by atoms with E-state index in [-0.39, 0.29) is 23.8 Å². The third-order valence-electron chi connectivity index (χ3n) is 5.44. The second-order valence-corrected chi connectivity index (χ2v) is 9.57. The largest absolute Gasteiger partial charge is 0.396 e. The fourth-order valence-electron chi connectivity index (χ4n) is 3.69. The van der Waals surface area contributed by atoms with Gasteiger partial charge in [0, 0.05) is 31.3 Å². The van der Waals surface area contributed by atoms with Gasteiger partial charge in [-0.15, -0.1) is 0 Å². The Balaban J connectivity index is 1.87. The van der Waals surface area contributed by atoms with E-state index in [2.05, 4.69) is 16.6 Å². The van der Waals surface area contributed by atoms with E-state index in [1.54, 1.807) is 17.2 Å². The smallest absolute Gasteiger partial charge is 0.243 e. The number of benzene rings is 1. The number of aromatic nitrogens is 1. The summed E-state index contributed by atoms with van der Waals surface area (Å²) in [6, 6.07) is 5.97. The summed E-state index contributed by atoms with van der Waals surface area (Å²) in [5, 5.41) is 9.95. The number of hydrogen-bond donors (Lipinski definition) is 2. The topological polar surface area (TPSA) is 99.6 Å². The van der Waals surface area contributed by atoms with Crippen molar-refractivity contribution in [2.75, 3.05) is 19.7 Å². The lowest BCUT2D eigenvalue weighted by Crippen LogP contribution is -2.50. The second-order valence-electron chi connectivity index (χ2n) is 7.89. The van der Waals surface area contributed by atoms with Crippen LogP contribution in [0.15, 0.2) is 35.4 Å². The van der Waals surface area contributed by atoms with Gasteiger partial charge in [-0.2, -0.15) is 4.72 Å². The van der Waals surface area contributed by atoms with Gasteiger partial charge in [-0.1, -0.05) is 19.1 Å². The minimum Gasteiger partial charge on any atom is -0.396 e. The zero-order chi connectivity index (χ0) is 21.0. The molecule has 1 aliphatic rings. The molecule has 2 heterocycles. The summed E-state index contributed by atoms with van der Waals surface area (Å²) in [6.07, 6.45) is 4.05. The highest BCUT2D eigenvalue weighted by molar-refractivity contribution is 7.89. The number of aliphatic hydroxyl groups excluding tert-OH is 1. The molecule has 0 spiro atoms. The van der Waals surface area contributed by atoms with Crippen LogP contribution in [0.25, 0.3) is 10.9 Å². The minimum atomic E-state index is -3.97. The third-order valence-corrected chi connectivity index (χ3v) is 6.95. The van der Waals surface area contributed by atoms with Gasteiger partial charge < -0.3 is 10.0 Å². The Morgan fingerprint density at radius 1 is 1.34 bits per heavy atom. The maximum absolute atomic E-state index is 13.2. The van der Waals surface area contributed by atoms with Gasteiger partial charge in [-0.3, -0.25) is 9.78 Å². The number of aliphatic hydroxyl groups is 1. The molecule has 0 saturated carbocycles. The van der Waals surface area contributed by atoms with Gasteiger partial charge in [0.15, 0.2) is 0 Å². The highest BCUT2D eigenvalue weighted by atomic mass is 32.2. The number of hydrogen-bond acceptors (Lipinski definition) is 5. The molecule has 1 amide bonds. The molecule has 1 fully saturated rings. The summed E-state index contributed by atoms with van der Waals surface area (Å²) >= 11 is 0. The van der Waals surface area contributed by atoms with E-state index >= 15 is 0 Å². The normalized spacial score (nSPS) is 16.9. The summed E-state index contributed by atoms with van der Waals surface area (Å²) < 4.78 is 28.9. The molecular weight excluding hydrogens is 390 g/mol. The fraction of sp³-hybridized carbons (Fsp3) is 0.524. The summed E-state index contributed by atoms with van der Waals surface area (Å²) in [7, 11) is -3.97. The lowest BCUT2D eigenvalue weighted by molar-refractivity contribution is -0.134. The van der Waals surface area contributed by atoms with Crippen LogP contribution in [-0.2, 0) is 14.8 Å². The number of piperidine rings is 1. The first-order valence-electron chi connectivity index (χ1n) is 10.1. The van der Waals surface area contributed by atoms with Crippen molar-refractivity contribution in [3.05, 3.63) is 36.0 Å². The van der Waals surface area contributed by atoms with E-state index in [4.69, 9.17) is 0 Å². The van der Waals surface area contributed by atoms with Crippen LogP contribution in [0.4, 0.5) is 0 Å². The van der Waals surface area contributed by atoms with Gasteiger partial charge in [0.25, 0.3) is 0 Å². The van der Waals surface area contributed by atoms with Gasteiger partial charge in [-0.05, 0) is 56.2 Å². The third kappa shape index (κ3) is 5.12. The number of sulfonamides is 1. The van der Waals surface area contributed by atoms with Crippen molar-refractivity contribution >= 4 is 26.8 Å². The monoisotopic (exact) mass is 419 g/mol. The lowest BCUT2D eigenvalue weighted by atomic mass is 9.98. The zero-order valence-electron chi connectivity index (χ0n) is 17.0. The molecule has 0 radical (unpaired) electrons. The Morgan fingerprint density at radius 2 is 2.07 bits per heavy atom. The van der Waals surface area contributed by atoms with Crippen molar-refractivity contribution in [1.29, 1.82) is 0 Å². The Kier molecular flexibility index (Phi) is 6.87. The van der Waals surface area contributed by atoms with Gasteiger partial charge in [0.05, 0.1) is 5.52 Å². The van der Waals surface area contributed by atoms with E-state index in [0.717, 1.165) is 23.8 Å². The molecule has 3 rings (SSSR count). The SMILES string of the molecule is Cc1cnc2c(S(=O)(=O)NC(CCCO)C(=O)N3CCC(C)CC3)cccc2c1. The van der Waals surface area contributed by atoms with Crippen LogP contribution in [-0.4, -0.2) is 55.1 Å². The Hall–Kier alpha value is -2.03. The molecule has 8 heteroatoms. The molecule has 7 nitrogen and oxygen atoms in total. The fourth-order valence-corrected chi connectivity index (χ4v) is 5.09. The first kappa shape index (κ1) is 21.7. The van der Waals surface area contributed by atoms with Crippen molar-refractivity contribution in [3.8, 4) is 0 Å². The molecule has 0 bridgehead atoms. The van der Waals surface area contributed by atoms with Crippen molar-refractivity contribution < 1.29 is 18.3 Å². The summed E-state index contributed by atoms with van der Waals surface area (Å²) in [4.78, 5) is 19.1. The highest BCUT2D eigenvalue weighted by Gasteiger charge is 2.31. The standard InChI is InChI=1S/C21H29N3O4S/c1-15-8-10-24(11-9-15)21(26)18(6-4-12-25)23-29(27,28)19-7-3-5-17-13-16(2)14-22-20(17)19/h3,5,7,13-15,18,23,25H,4,6,8-12H2,1-2H3. The molecule has 2 N–H and O–H groups in total. The summed E-state index contributed by atoms with van der Waals surface area (Å²) in [5.74, 6) is 0.342. The first-order valence-corrected chi connectivity index (χ1v) is 11.6. The Bertz CT molecular complexity index is 969. The predicted octanol–water partition coefficient (Wildman–Crippen LogP) is 2.22. The molecule has 29 heavy (non-hydrogen) atoms. The van der Waals surface area contributed by atoms with Gasteiger partial charge in [0.2, 0.25) is 15.9 Å². The molecule has 1 aliphatic heterocycles. The number of para-hydroxylation sites is 1. The average molecular weight is 420 g/mol. The molecule has 1 aromatic heterocycles. The van der Waals surface area contributed by atoms with Crippen LogP contribution in [0.2, 0.25) is 0 Å². The Morgan fingerprint density at radius 3 is 2.76 bits per heavy atom. The van der Waals surface area contributed by atoms with Crippen LogP contribution in [0.5, 0.6) is 0 Å². The number of nitrogens with zero attached hydrogens (tertiary/aromatic N) is 2. The van der Waals surface area contributed by atoms with Gasteiger partial charge >= 0.3 is 0 Å². The lowest BCUT2D eigenvalue weighted by Gasteiger charge is -2.33. The minimum absolute atomic E-state index is 0.0593. The van der Waals surface area contributed by atoms with Gasteiger partial charge in [0.1, 0.15) is 10.9 Å². The molecule has 1 unspecified atom stereocenters. The number of fused-ring (bicyclic) bond motifs is 1. The number of nitrogens with one attached hydrogen (secondary N) is 1. The maximum atomic E-state index is 13.2. The summed E-state index contributed by atoms with van der Waals surface area (Å²) in [6.45, 7) is 5.22. The van der Waals surface area contributed by atoms with Gasteiger partial charge in [-0.25, -0.2) is 8.42 Å². The quantitative estimate of drug-likeness (QED) is 0.717. The molecule has 2 aromatic rings. The van der Waals surface area contributed by atoms with E-state index in [0.29, 0.717) is 30.9 Å². The number of amides is 1. The highest BCUT2D eigenvalue weighted by Crippen LogP contribution is 2.23. The van der Waals surface area contributed by atoms with E-state index in [9.17, 15) is 18.3 Å². The Labute approximate surface area is 172 Å². The number of aryl methyl sites for hydroxylation is 1. The van der Waals surface area contributed by atoms with Crippen molar-refractivity contribution in [2.24, 2.45) is 5.92 Å². The number of rotatable bonds is 7. The van der Waals surface area contributed by atoms with Crippen LogP contribution in [0.3, 0.4) is 0 Å². The first-order chi connectivity index (χ1) is 13.8. The van der Waals surface area contributed by atoms with Crippen molar-refractivity contribution in [3.63, 3.8) is 0 Å². The van der Waals surface area contributed by atoms with E-state index in [1.807, 2.05) is 19.1 Å². The molecule has 158 valence electrons. The van der Waals surface area contributed by atoms with E-state index < -0.39 is 16.1 Å². The number of carbonyl (C=O) groups is 1. The molecule has 1 atom stereocenters.